The lowest BCUT2D eigenvalue weighted by Gasteiger charge is -2.29. The summed E-state index contributed by atoms with van der Waals surface area (Å²) >= 11 is 0. The van der Waals surface area contributed by atoms with Crippen LogP contribution in [0.15, 0.2) is 29.3 Å². The van der Waals surface area contributed by atoms with Crippen molar-refractivity contribution in [3.05, 3.63) is 35.4 Å². The van der Waals surface area contributed by atoms with Gasteiger partial charge in [-0.25, -0.2) is 0 Å². The maximum absolute atomic E-state index is 12.6. The molecule has 8 heteroatoms. The predicted molar refractivity (Wildman–Crippen MR) is 134 cm³/mol. The van der Waals surface area contributed by atoms with Crippen LogP contribution in [-0.4, -0.2) is 86.1 Å². The van der Waals surface area contributed by atoms with Gasteiger partial charge >= 0.3 is 0 Å². The molecule has 0 aromatic heterocycles. The summed E-state index contributed by atoms with van der Waals surface area (Å²) in [6.07, 6.45) is 2.62. The smallest absolute Gasteiger partial charge is 0.223 e. The van der Waals surface area contributed by atoms with Gasteiger partial charge in [0.2, 0.25) is 5.91 Å². The number of guanidine groups is 1. The molecule has 0 saturated carbocycles. The Kier molecular flexibility index (Phi) is 9.40. The molecule has 1 aromatic carbocycles. The number of ether oxygens (including phenoxy) is 1. The summed E-state index contributed by atoms with van der Waals surface area (Å²) < 4.78 is 5.45. The highest BCUT2D eigenvalue weighted by Gasteiger charge is 2.27. The van der Waals surface area contributed by atoms with E-state index in [0.717, 1.165) is 78.0 Å². The summed E-state index contributed by atoms with van der Waals surface area (Å²) in [5.41, 5.74) is 2.56. The van der Waals surface area contributed by atoms with Gasteiger partial charge < -0.3 is 19.9 Å². The third kappa shape index (κ3) is 6.55. The van der Waals surface area contributed by atoms with Crippen LogP contribution >= 0.6 is 24.0 Å². The summed E-state index contributed by atoms with van der Waals surface area (Å²) in [4.78, 5) is 23.9. The molecule has 1 aromatic rings. The summed E-state index contributed by atoms with van der Waals surface area (Å²) in [5.74, 6) is 1.91. The highest BCUT2D eigenvalue weighted by Crippen LogP contribution is 2.23. The highest BCUT2D eigenvalue weighted by atomic mass is 127. The van der Waals surface area contributed by atoms with Crippen molar-refractivity contribution in [1.29, 1.82) is 0 Å². The molecule has 2 saturated heterocycles. The molecule has 0 bridgehead atoms. The van der Waals surface area contributed by atoms with Crippen LogP contribution in [-0.2, 0) is 22.6 Å². The van der Waals surface area contributed by atoms with Crippen LogP contribution in [0.5, 0.6) is 0 Å². The van der Waals surface area contributed by atoms with E-state index in [4.69, 9.17) is 4.74 Å². The summed E-state index contributed by atoms with van der Waals surface area (Å²) in [6.45, 7) is 9.39. The average Bonchev–Trinajstić information content (AvgIpc) is 3.41. The van der Waals surface area contributed by atoms with Crippen LogP contribution < -0.4 is 5.32 Å². The van der Waals surface area contributed by atoms with Crippen molar-refractivity contribution < 1.29 is 9.53 Å². The van der Waals surface area contributed by atoms with E-state index >= 15 is 0 Å². The molecule has 1 unspecified atom stereocenters. The third-order valence-corrected chi connectivity index (χ3v) is 6.46. The van der Waals surface area contributed by atoms with Crippen molar-refractivity contribution >= 4 is 35.8 Å². The van der Waals surface area contributed by atoms with Crippen molar-refractivity contribution in [2.75, 3.05) is 59.5 Å². The molecule has 1 amide bonds. The molecule has 0 spiro atoms. The fourth-order valence-electron chi connectivity index (χ4n) is 4.76. The topological polar surface area (TPSA) is 60.4 Å². The first-order chi connectivity index (χ1) is 14.7. The molecule has 31 heavy (non-hydrogen) atoms. The number of likely N-dealkylation sites (tertiary alicyclic amines) is 1. The number of benzene rings is 1. The van der Waals surface area contributed by atoms with Gasteiger partial charge in [0, 0.05) is 65.8 Å². The Morgan fingerprint density at radius 1 is 1.13 bits per heavy atom. The number of rotatable bonds is 6. The molecule has 0 aliphatic carbocycles. The van der Waals surface area contributed by atoms with Crippen LogP contribution in [0.1, 0.15) is 30.4 Å². The van der Waals surface area contributed by atoms with E-state index in [1.165, 1.54) is 17.5 Å². The SMILES string of the molecule is CN=C(NCCCC(=O)N1Cc2ccccc2C1)N1CCC(CN2CCOCC2)C1.I. The Labute approximate surface area is 203 Å². The van der Waals surface area contributed by atoms with Crippen LogP contribution in [0.25, 0.3) is 0 Å². The van der Waals surface area contributed by atoms with E-state index in [2.05, 4.69) is 32.2 Å². The van der Waals surface area contributed by atoms with Crippen LogP contribution in [0.2, 0.25) is 0 Å². The zero-order valence-corrected chi connectivity index (χ0v) is 20.9. The molecule has 0 radical (unpaired) electrons. The number of nitrogens with one attached hydrogen (secondary N) is 1. The van der Waals surface area contributed by atoms with Gasteiger partial charge in [-0.2, -0.15) is 0 Å². The van der Waals surface area contributed by atoms with Gasteiger partial charge in [0.25, 0.3) is 0 Å². The minimum absolute atomic E-state index is 0. The minimum atomic E-state index is 0. The number of nitrogens with zero attached hydrogens (tertiary/aromatic N) is 4. The van der Waals surface area contributed by atoms with Crippen molar-refractivity contribution in [3.63, 3.8) is 0 Å². The second kappa shape index (κ2) is 12.0. The quantitative estimate of drug-likeness (QED) is 0.259. The molecule has 172 valence electrons. The number of morpholine rings is 1. The zero-order valence-electron chi connectivity index (χ0n) is 18.6. The number of hydrogen-bond donors (Lipinski definition) is 1. The molecular weight excluding hydrogens is 505 g/mol. The first-order valence-corrected chi connectivity index (χ1v) is 11.3. The Hall–Kier alpha value is -1.39. The maximum atomic E-state index is 12.6. The standard InChI is InChI=1S/C23H35N5O2.HI/c1-24-23(27-10-8-19(16-27)15-26-11-13-30-14-12-26)25-9-4-7-22(29)28-17-20-5-2-3-6-21(20)18-28;/h2-3,5-6,19H,4,7-18H2,1H3,(H,24,25);1H. The number of aliphatic imine (C=N–C) groups is 1. The van der Waals surface area contributed by atoms with Crippen LogP contribution in [0.3, 0.4) is 0 Å². The third-order valence-electron chi connectivity index (χ3n) is 6.46. The van der Waals surface area contributed by atoms with Crippen molar-refractivity contribution in [1.82, 2.24) is 20.0 Å². The lowest BCUT2D eigenvalue weighted by Crippen LogP contribution is -2.42. The van der Waals surface area contributed by atoms with Gasteiger partial charge in [-0.15, -0.1) is 24.0 Å². The number of carbonyl (C=O) groups excluding carboxylic acids is 1. The average molecular weight is 541 g/mol. The van der Waals surface area contributed by atoms with Crippen molar-refractivity contribution in [2.45, 2.75) is 32.4 Å². The Morgan fingerprint density at radius 3 is 2.52 bits per heavy atom. The molecule has 3 aliphatic heterocycles. The second-order valence-corrected chi connectivity index (χ2v) is 8.61. The van der Waals surface area contributed by atoms with Crippen molar-refractivity contribution in [2.24, 2.45) is 10.9 Å². The molecule has 2 fully saturated rings. The van der Waals surface area contributed by atoms with Crippen LogP contribution in [0.4, 0.5) is 0 Å². The first kappa shape index (κ1) is 24.3. The monoisotopic (exact) mass is 541 g/mol. The number of amides is 1. The van der Waals surface area contributed by atoms with E-state index in [-0.39, 0.29) is 29.9 Å². The van der Waals surface area contributed by atoms with E-state index < -0.39 is 0 Å². The van der Waals surface area contributed by atoms with Gasteiger partial charge in [-0.1, -0.05) is 24.3 Å². The largest absolute Gasteiger partial charge is 0.379 e. The molecule has 4 rings (SSSR count). The second-order valence-electron chi connectivity index (χ2n) is 8.61. The molecular formula is C23H36IN5O2. The number of fused-ring (bicyclic) bond motifs is 1. The minimum Gasteiger partial charge on any atom is -0.379 e. The van der Waals surface area contributed by atoms with Gasteiger partial charge in [-0.3, -0.25) is 14.7 Å². The lowest BCUT2D eigenvalue weighted by atomic mass is 10.1. The van der Waals surface area contributed by atoms with Crippen LogP contribution in [0, 0.1) is 5.92 Å². The molecule has 3 heterocycles. The fraction of sp³-hybridized carbons (Fsp3) is 0.652. The van der Waals surface area contributed by atoms with Crippen molar-refractivity contribution in [3.8, 4) is 0 Å². The molecule has 1 atom stereocenters. The first-order valence-electron chi connectivity index (χ1n) is 11.3. The summed E-state index contributed by atoms with van der Waals surface area (Å²) in [7, 11) is 1.85. The van der Waals surface area contributed by atoms with E-state index in [0.29, 0.717) is 12.3 Å². The summed E-state index contributed by atoms with van der Waals surface area (Å²) in [6, 6.07) is 8.34. The van der Waals surface area contributed by atoms with Gasteiger partial charge in [0.15, 0.2) is 5.96 Å². The van der Waals surface area contributed by atoms with E-state index in [9.17, 15) is 4.79 Å². The molecule has 1 N–H and O–H groups in total. The Bertz CT molecular complexity index is 728. The Morgan fingerprint density at radius 2 is 1.84 bits per heavy atom. The summed E-state index contributed by atoms with van der Waals surface area (Å²) in [5, 5.41) is 3.47. The number of halogens is 1. The lowest BCUT2D eigenvalue weighted by molar-refractivity contribution is -0.131. The fourth-order valence-corrected chi connectivity index (χ4v) is 4.76. The van der Waals surface area contributed by atoms with E-state index in [1.54, 1.807) is 0 Å². The van der Waals surface area contributed by atoms with Gasteiger partial charge in [0.05, 0.1) is 13.2 Å². The maximum Gasteiger partial charge on any atom is 0.223 e. The molecule has 7 nitrogen and oxygen atoms in total. The zero-order chi connectivity index (χ0) is 20.8. The van der Waals surface area contributed by atoms with Gasteiger partial charge in [-0.05, 0) is 29.9 Å². The predicted octanol–water partition coefficient (Wildman–Crippen LogP) is 2.16. The molecule has 3 aliphatic rings. The number of carbonyl (C=O) groups is 1. The normalized spacial score (nSPS) is 21.7. The van der Waals surface area contributed by atoms with E-state index in [1.807, 2.05) is 24.1 Å². The highest BCUT2D eigenvalue weighted by molar-refractivity contribution is 14.0. The number of hydrogen-bond acceptors (Lipinski definition) is 4. The Balaban J connectivity index is 0.00000272. The van der Waals surface area contributed by atoms with Gasteiger partial charge in [0.1, 0.15) is 0 Å².